The number of ketones is 1. The molecule has 0 fully saturated rings. The number of carbonyl (C=O) groups is 2. The molecule has 0 N–H and O–H groups in total. The zero-order valence-electron chi connectivity index (χ0n) is 17.9. The zero-order chi connectivity index (χ0) is 23.5. The molecule has 8 heteroatoms. The molecule has 33 heavy (non-hydrogen) atoms. The summed E-state index contributed by atoms with van der Waals surface area (Å²) < 4.78 is 6.81. The summed E-state index contributed by atoms with van der Waals surface area (Å²) in [5, 5.41) is 5.51. The minimum Gasteiger partial charge on any atom is -0.451 e. The number of ether oxygens (including phenoxy) is 1. The third-order valence-corrected chi connectivity index (χ3v) is 5.70. The number of nitrogens with zero attached hydrogens (tertiary/aromatic N) is 3. The second kappa shape index (κ2) is 9.57. The number of esters is 1. The smallest absolute Gasteiger partial charge is 0.378 e. The number of hydrogen-bond acceptors (Lipinski definition) is 5. The number of rotatable bonds is 6. The van der Waals surface area contributed by atoms with E-state index in [9.17, 15) is 9.59 Å². The zero-order valence-corrected chi connectivity index (χ0v) is 19.4. The van der Waals surface area contributed by atoms with E-state index in [-0.39, 0.29) is 11.6 Å². The standard InChI is InChI=1S/C25H19Cl2N3O3/c1-15-4-3-5-21(16(15)2)30-24(18-8-12-20(27)13-9-18)28-23(29-30)25(32)33-14-22(31)17-6-10-19(26)11-7-17/h3-13H,14H2,1-2H3. The molecule has 0 saturated carbocycles. The van der Waals surface area contributed by atoms with E-state index in [1.165, 1.54) is 0 Å². The third-order valence-electron chi connectivity index (χ3n) is 5.20. The fraction of sp³-hybridized carbons (Fsp3) is 0.120. The number of Topliss-reactive ketones (excluding diaryl/α,β-unsaturated/α-hetero) is 1. The Labute approximate surface area is 200 Å². The van der Waals surface area contributed by atoms with E-state index in [1.807, 2.05) is 32.0 Å². The molecule has 166 valence electrons. The van der Waals surface area contributed by atoms with E-state index >= 15 is 0 Å². The fourth-order valence-corrected chi connectivity index (χ4v) is 3.48. The van der Waals surface area contributed by atoms with Gasteiger partial charge in [-0.3, -0.25) is 4.79 Å². The Morgan fingerprint density at radius 2 is 1.55 bits per heavy atom. The van der Waals surface area contributed by atoms with Crippen molar-refractivity contribution in [2.45, 2.75) is 13.8 Å². The molecule has 0 aliphatic rings. The Balaban J connectivity index is 1.65. The Bertz CT molecular complexity index is 1330. The van der Waals surface area contributed by atoms with E-state index in [4.69, 9.17) is 27.9 Å². The molecule has 3 aromatic carbocycles. The molecule has 0 aliphatic carbocycles. The topological polar surface area (TPSA) is 74.1 Å². The van der Waals surface area contributed by atoms with Gasteiger partial charge in [-0.25, -0.2) is 14.5 Å². The van der Waals surface area contributed by atoms with Gasteiger partial charge in [0.05, 0.1) is 5.69 Å². The van der Waals surface area contributed by atoms with Gasteiger partial charge in [0.1, 0.15) is 0 Å². The van der Waals surface area contributed by atoms with E-state index in [1.54, 1.807) is 53.2 Å². The second-order valence-electron chi connectivity index (χ2n) is 7.40. The minimum atomic E-state index is -0.795. The molecule has 0 radical (unpaired) electrons. The maximum absolute atomic E-state index is 12.7. The lowest BCUT2D eigenvalue weighted by atomic mass is 10.1. The number of aromatic nitrogens is 3. The van der Waals surface area contributed by atoms with Crippen molar-refractivity contribution in [2.75, 3.05) is 6.61 Å². The van der Waals surface area contributed by atoms with Crippen LogP contribution in [-0.4, -0.2) is 33.1 Å². The molecule has 0 amide bonds. The second-order valence-corrected chi connectivity index (χ2v) is 8.28. The molecule has 6 nitrogen and oxygen atoms in total. The van der Waals surface area contributed by atoms with Crippen LogP contribution in [0.5, 0.6) is 0 Å². The van der Waals surface area contributed by atoms with Crippen LogP contribution in [0.2, 0.25) is 10.0 Å². The molecular weight excluding hydrogens is 461 g/mol. The van der Waals surface area contributed by atoms with Gasteiger partial charge in [-0.15, -0.1) is 5.10 Å². The maximum atomic E-state index is 12.7. The predicted octanol–water partition coefficient (Wildman–Crippen LogP) is 5.90. The third kappa shape index (κ3) is 4.97. The summed E-state index contributed by atoms with van der Waals surface area (Å²) in [6.45, 7) is 3.53. The van der Waals surface area contributed by atoms with E-state index in [2.05, 4.69) is 10.1 Å². The molecule has 0 saturated heterocycles. The normalized spacial score (nSPS) is 10.8. The van der Waals surface area contributed by atoms with Gasteiger partial charge in [-0.05, 0) is 79.6 Å². The lowest BCUT2D eigenvalue weighted by Crippen LogP contribution is -2.15. The van der Waals surface area contributed by atoms with Gasteiger partial charge in [0.25, 0.3) is 5.82 Å². The lowest BCUT2D eigenvalue weighted by molar-refractivity contribution is 0.0462. The molecule has 0 atom stereocenters. The summed E-state index contributed by atoms with van der Waals surface area (Å²) in [7, 11) is 0. The van der Waals surface area contributed by atoms with Gasteiger partial charge in [0.2, 0.25) is 0 Å². The van der Waals surface area contributed by atoms with Crippen LogP contribution in [0.1, 0.15) is 32.1 Å². The highest BCUT2D eigenvalue weighted by atomic mass is 35.5. The van der Waals surface area contributed by atoms with Crippen LogP contribution in [0.15, 0.2) is 66.7 Å². The average Bonchev–Trinajstić information content (AvgIpc) is 3.25. The lowest BCUT2D eigenvalue weighted by Gasteiger charge is -2.11. The first kappa shape index (κ1) is 22.7. The summed E-state index contributed by atoms with van der Waals surface area (Å²) in [6.07, 6.45) is 0. The van der Waals surface area contributed by atoms with Crippen LogP contribution >= 0.6 is 23.2 Å². The van der Waals surface area contributed by atoms with Crippen molar-refractivity contribution in [1.82, 2.24) is 14.8 Å². The summed E-state index contributed by atoms with van der Waals surface area (Å²) in [4.78, 5) is 29.5. The van der Waals surface area contributed by atoms with Crippen LogP contribution in [0.25, 0.3) is 17.1 Å². The van der Waals surface area contributed by atoms with Gasteiger partial charge in [0.15, 0.2) is 18.2 Å². The van der Waals surface area contributed by atoms with Gasteiger partial charge in [-0.1, -0.05) is 35.3 Å². The van der Waals surface area contributed by atoms with E-state index < -0.39 is 12.6 Å². The summed E-state index contributed by atoms with van der Waals surface area (Å²) in [5.74, 6) is -0.843. The number of carbonyl (C=O) groups excluding carboxylic acids is 2. The number of aryl methyl sites for hydroxylation is 1. The Hall–Kier alpha value is -3.48. The number of benzene rings is 3. The monoisotopic (exact) mass is 479 g/mol. The first-order valence-corrected chi connectivity index (χ1v) is 10.8. The first-order chi connectivity index (χ1) is 15.8. The molecule has 0 aliphatic heterocycles. The molecule has 0 unspecified atom stereocenters. The summed E-state index contributed by atoms with van der Waals surface area (Å²) in [6, 6.07) is 19.2. The molecule has 1 heterocycles. The highest BCUT2D eigenvalue weighted by Crippen LogP contribution is 2.26. The SMILES string of the molecule is Cc1cccc(-n2nc(C(=O)OCC(=O)c3ccc(Cl)cc3)nc2-c2ccc(Cl)cc2)c1C. The van der Waals surface area contributed by atoms with Gasteiger partial charge in [-0.2, -0.15) is 0 Å². The van der Waals surface area contributed by atoms with Crippen molar-refractivity contribution in [3.63, 3.8) is 0 Å². The molecule has 0 bridgehead atoms. The van der Waals surface area contributed by atoms with Crippen molar-refractivity contribution in [2.24, 2.45) is 0 Å². The van der Waals surface area contributed by atoms with Gasteiger partial charge in [0, 0.05) is 21.2 Å². The van der Waals surface area contributed by atoms with Crippen LogP contribution < -0.4 is 0 Å². The highest BCUT2D eigenvalue weighted by molar-refractivity contribution is 6.31. The Morgan fingerprint density at radius 3 is 2.21 bits per heavy atom. The van der Waals surface area contributed by atoms with Crippen molar-refractivity contribution >= 4 is 35.0 Å². The maximum Gasteiger partial charge on any atom is 0.378 e. The van der Waals surface area contributed by atoms with Crippen LogP contribution in [-0.2, 0) is 4.74 Å². The predicted molar refractivity (Wildman–Crippen MR) is 127 cm³/mol. The number of halogens is 2. The minimum absolute atomic E-state index is 0.148. The van der Waals surface area contributed by atoms with Crippen molar-refractivity contribution in [1.29, 1.82) is 0 Å². The average molecular weight is 480 g/mol. The number of hydrogen-bond donors (Lipinski definition) is 0. The largest absolute Gasteiger partial charge is 0.451 e. The van der Waals surface area contributed by atoms with E-state index in [0.717, 1.165) is 22.4 Å². The molecule has 1 aromatic heterocycles. The molecule has 0 spiro atoms. The summed E-state index contributed by atoms with van der Waals surface area (Å²) in [5.41, 5.74) is 3.97. The van der Waals surface area contributed by atoms with Crippen molar-refractivity contribution < 1.29 is 14.3 Å². The Morgan fingerprint density at radius 1 is 0.909 bits per heavy atom. The molecular formula is C25H19Cl2N3O3. The fourth-order valence-electron chi connectivity index (χ4n) is 3.23. The van der Waals surface area contributed by atoms with Crippen molar-refractivity contribution in [3.8, 4) is 17.1 Å². The van der Waals surface area contributed by atoms with E-state index in [0.29, 0.717) is 21.4 Å². The first-order valence-electron chi connectivity index (χ1n) is 10.1. The highest BCUT2D eigenvalue weighted by Gasteiger charge is 2.22. The van der Waals surface area contributed by atoms with Crippen LogP contribution in [0.3, 0.4) is 0 Å². The van der Waals surface area contributed by atoms with Crippen molar-refractivity contribution in [3.05, 3.63) is 99.3 Å². The van der Waals surface area contributed by atoms with Crippen LogP contribution in [0.4, 0.5) is 0 Å². The Kier molecular flexibility index (Phi) is 6.58. The summed E-state index contributed by atoms with van der Waals surface area (Å²) >= 11 is 11.9. The molecule has 4 aromatic rings. The quantitative estimate of drug-likeness (QED) is 0.254. The van der Waals surface area contributed by atoms with Gasteiger partial charge < -0.3 is 4.74 Å². The van der Waals surface area contributed by atoms with Gasteiger partial charge >= 0.3 is 5.97 Å². The molecule has 4 rings (SSSR count). The van der Waals surface area contributed by atoms with Crippen LogP contribution in [0, 0.1) is 13.8 Å².